The Bertz CT molecular complexity index is 90.1. The zero-order chi connectivity index (χ0) is 8.20. The van der Waals surface area contributed by atoms with Crippen molar-refractivity contribution in [1.82, 2.24) is 0 Å². The first-order valence-corrected chi connectivity index (χ1v) is 6.00. The van der Waals surface area contributed by atoms with E-state index in [2.05, 4.69) is 27.3 Å². The zero-order valence-electron chi connectivity index (χ0n) is 7.48. The fourth-order valence-electron chi connectivity index (χ4n) is 0.495. The lowest BCUT2D eigenvalue weighted by Crippen LogP contribution is -2.25. The fraction of sp³-hybridized carbons (Fsp3) is 1.00. The van der Waals surface area contributed by atoms with Crippen LogP contribution in [0.1, 0.15) is 20.8 Å². The maximum absolute atomic E-state index is 5.57. The minimum absolute atomic E-state index is 0.370. The molecule has 0 aromatic carbocycles. The molecule has 0 aliphatic rings. The van der Waals surface area contributed by atoms with Crippen LogP contribution < -0.4 is 0 Å². The van der Waals surface area contributed by atoms with Crippen LogP contribution in [-0.2, 0) is 4.43 Å². The first-order valence-electron chi connectivity index (χ1n) is 3.80. The van der Waals surface area contributed by atoms with Crippen LogP contribution in [0, 0.1) is 0 Å². The minimum atomic E-state index is -0.988. The molecule has 0 N–H and O–H groups in total. The molecule has 1 atom stereocenters. The second-order valence-corrected chi connectivity index (χ2v) is 7.02. The summed E-state index contributed by atoms with van der Waals surface area (Å²) in [4.78, 5) is 0. The zero-order valence-corrected chi connectivity index (χ0v) is 8.63. The van der Waals surface area contributed by atoms with Gasteiger partial charge in [-0.25, -0.2) is 0 Å². The number of hydrogen-bond donors (Lipinski definition) is 0. The van der Waals surface area contributed by atoms with Crippen molar-refractivity contribution in [1.29, 1.82) is 0 Å². The predicted octanol–water partition coefficient (Wildman–Crippen LogP) is 1.74. The summed E-state index contributed by atoms with van der Waals surface area (Å²) in [5, 5.41) is 0.370. The highest BCUT2D eigenvalue weighted by molar-refractivity contribution is 6.53. The van der Waals surface area contributed by atoms with Crippen LogP contribution in [0.3, 0.4) is 0 Å². The Morgan fingerprint density at radius 2 is 1.90 bits per heavy atom. The van der Waals surface area contributed by atoms with Crippen molar-refractivity contribution in [2.75, 3.05) is 6.61 Å². The van der Waals surface area contributed by atoms with Gasteiger partial charge < -0.3 is 4.43 Å². The maximum atomic E-state index is 5.57. The van der Waals surface area contributed by atoms with Gasteiger partial charge in [0.05, 0.1) is 7.85 Å². The van der Waals surface area contributed by atoms with Crippen LogP contribution in [-0.4, -0.2) is 23.5 Å². The van der Waals surface area contributed by atoms with Crippen LogP contribution in [0.15, 0.2) is 0 Å². The van der Waals surface area contributed by atoms with Gasteiger partial charge in [0, 0.05) is 6.61 Å². The molecule has 0 aromatic heterocycles. The van der Waals surface area contributed by atoms with Gasteiger partial charge in [-0.2, -0.15) is 0 Å². The molecule has 1 unspecified atom stereocenters. The largest absolute Gasteiger partial charge is 0.421 e. The van der Waals surface area contributed by atoms with E-state index in [0.717, 1.165) is 6.61 Å². The molecule has 0 aliphatic carbocycles. The predicted molar refractivity (Wildman–Crippen MR) is 49.2 cm³/mol. The summed E-state index contributed by atoms with van der Waals surface area (Å²) in [7, 11) is 4.33. The highest BCUT2D eigenvalue weighted by atomic mass is 28.3. The summed E-state index contributed by atoms with van der Waals surface area (Å²) in [5.41, 5.74) is 0. The van der Waals surface area contributed by atoms with E-state index in [9.17, 15) is 0 Å². The van der Waals surface area contributed by atoms with E-state index in [1.165, 1.54) is 0 Å². The average molecular weight is 156 g/mol. The molecule has 10 heavy (non-hydrogen) atoms. The first kappa shape index (κ1) is 10.2. The van der Waals surface area contributed by atoms with E-state index in [1.807, 2.05) is 0 Å². The molecule has 0 aromatic rings. The molecule has 0 rings (SSSR count). The third-order valence-corrected chi connectivity index (χ3v) is 4.88. The van der Waals surface area contributed by atoms with Gasteiger partial charge in [0.25, 0.3) is 0 Å². The Labute approximate surface area is 67.3 Å². The minimum Gasteiger partial charge on any atom is -0.421 e. The van der Waals surface area contributed by atoms with E-state index >= 15 is 0 Å². The summed E-state index contributed by atoms with van der Waals surface area (Å²) in [5.74, 6) is 0. The third-order valence-electron chi connectivity index (χ3n) is 1.71. The average Bonchev–Trinajstić information content (AvgIpc) is 1.80. The van der Waals surface area contributed by atoms with Crippen LogP contribution in [0.25, 0.3) is 0 Å². The molecule has 58 valence electrons. The molecule has 0 saturated heterocycles. The Hall–Kier alpha value is 0.242. The Kier molecular flexibility index (Phi) is 4.29. The van der Waals surface area contributed by atoms with Crippen molar-refractivity contribution in [2.45, 2.75) is 38.7 Å². The van der Waals surface area contributed by atoms with E-state index in [1.54, 1.807) is 0 Å². The lowest BCUT2D eigenvalue weighted by atomic mass is 10.1. The van der Waals surface area contributed by atoms with Gasteiger partial charge in [0.15, 0.2) is 9.04 Å². The van der Waals surface area contributed by atoms with E-state index in [-0.39, 0.29) is 0 Å². The smallest absolute Gasteiger partial charge is 0.179 e. The van der Waals surface area contributed by atoms with Crippen molar-refractivity contribution in [3.63, 3.8) is 0 Å². The van der Waals surface area contributed by atoms with Gasteiger partial charge in [-0.1, -0.05) is 27.1 Å². The first-order chi connectivity index (χ1) is 4.48. The molecule has 0 aliphatic heterocycles. The standard InChI is InChI=1S/C7H17BOSi/c1-7(2,3)10(4)9-6-5-8/h10H,5-6H2,1-4H3. The number of hydrogen-bond acceptors (Lipinski definition) is 1. The van der Waals surface area contributed by atoms with Crippen LogP contribution in [0.4, 0.5) is 0 Å². The molecule has 0 bridgehead atoms. The maximum Gasteiger partial charge on any atom is 0.179 e. The molecular weight excluding hydrogens is 139 g/mol. The molecular formula is C7H17BOSi. The topological polar surface area (TPSA) is 9.23 Å². The van der Waals surface area contributed by atoms with Gasteiger partial charge in [-0.3, -0.25) is 0 Å². The van der Waals surface area contributed by atoms with E-state index in [0.29, 0.717) is 11.4 Å². The Morgan fingerprint density at radius 3 is 2.20 bits per heavy atom. The van der Waals surface area contributed by atoms with Crippen molar-refractivity contribution in [2.24, 2.45) is 0 Å². The molecule has 1 nitrogen and oxygen atoms in total. The van der Waals surface area contributed by atoms with E-state index in [4.69, 9.17) is 12.3 Å². The molecule has 0 spiro atoms. The van der Waals surface area contributed by atoms with Crippen molar-refractivity contribution in [3.8, 4) is 0 Å². The summed E-state index contributed by atoms with van der Waals surface area (Å²) in [6.45, 7) is 9.61. The summed E-state index contributed by atoms with van der Waals surface area (Å²) < 4.78 is 5.57. The summed E-state index contributed by atoms with van der Waals surface area (Å²) in [6, 6.07) is 0. The second-order valence-electron chi connectivity index (χ2n) is 3.67. The Morgan fingerprint density at radius 1 is 1.40 bits per heavy atom. The van der Waals surface area contributed by atoms with Crippen molar-refractivity contribution < 1.29 is 4.43 Å². The molecule has 3 heteroatoms. The normalized spacial score (nSPS) is 15.2. The fourth-order valence-corrected chi connectivity index (χ4v) is 1.48. The SMILES string of the molecule is [B]CCO[SiH](C)C(C)(C)C. The number of rotatable bonds is 3. The van der Waals surface area contributed by atoms with Crippen molar-refractivity contribution in [3.05, 3.63) is 0 Å². The van der Waals surface area contributed by atoms with Crippen molar-refractivity contribution >= 4 is 16.9 Å². The van der Waals surface area contributed by atoms with Crippen LogP contribution in [0.5, 0.6) is 0 Å². The van der Waals surface area contributed by atoms with Crippen LogP contribution >= 0.6 is 0 Å². The van der Waals surface area contributed by atoms with Gasteiger partial charge in [0.2, 0.25) is 0 Å². The molecule has 0 saturated carbocycles. The third kappa shape index (κ3) is 4.12. The van der Waals surface area contributed by atoms with Gasteiger partial charge in [0.1, 0.15) is 0 Å². The van der Waals surface area contributed by atoms with Crippen LogP contribution in [0.2, 0.25) is 17.9 Å². The highest BCUT2D eigenvalue weighted by Crippen LogP contribution is 2.26. The summed E-state index contributed by atoms with van der Waals surface area (Å²) in [6.07, 6.45) is 0.646. The van der Waals surface area contributed by atoms with E-state index < -0.39 is 9.04 Å². The molecule has 0 fully saturated rings. The lowest BCUT2D eigenvalue weighted by Gasteiger charge is -2.25. The van der Waals surface area contributed by atoms with Gasteiger partial charge >= 0.3 is 0 Å². The molecule has 2 radical (unpaired) electrons. The quantitative estimate of drug-likeness (QED) is 0.565. The Balaban J connectivity index is 3.52. The molecule has 0 amide bonds. The molecule has 0 heterocycles. The van der Waals surface area contributed by atoms with Gasteiger partial charge in [-0.15, -0.1) is 0 Å². The van der Waals surface area contributed by atoms with Gasteiger partial charge in [-0.05, 0) is 11.6 Å². The monoisotopic (exact) mass is 156 g/mol. The summed E-state index contributed by atoms with van der Waals surface area (Å²) >= 11 is 0. The highest BCUT2D eigenvalue weighted by Gasteiger charge is 2.22. The second kappa shape index (κ2) is 4.19. The lowest BCUT2D eigenvalue weighted by molar-refractivity contribution is 0.327.